The number of aryl methyl sites for hydroxylation is 1. The third-order valence-corrected chi connectivity index (χ3v) is 4.36. The predicted octanol–water partition coefficient (Wildman–Crippen LogP) is 2.74. The summed E-state index contributed by atoms with van der Waals surface area (Å²) < 4.78 is 1.66. The van der Waals surface area contributed by atoms with Crippen molar-refractivity contribution in [1.82, 2.24) is 15.1 Å². The molecule has 1 fully saturated rings. The number of amides is 1. The van der Waals surface area contributed by atoms with Crippen LogP contribution in [0.3, 0.4) is 0 Å². The highest BCUT2D eigenvalue weighted by atomic mass is 35.5. The van der Waals surface area contributed by atoms with Gasteiger partial charge in [-0.1, -0.05) is 24.4 Å². The lowest BCUT2D eigenvalue weighted by Gasteiger charge is -2.13. The molecule has 2 aromatic rings. The molecule has 1 amide bonds. The van der Waals surface area contributed by atoms with Crippen molar-refractivity contribution in [3.05, 3.63) is 39.1 Å². The topological polar surface area (TPSA) is 64.0 Å². The van der Waals surface area contributed by atoms with E-state index in [0.29, 0.717) is 22.5 Å². The monoisotopic (exact) mass is 319 g/mol. The number of carbonyl (C=O) groups is 1. The fourth-order valence-electron chi connectivity index (χ4n) is 2.98. The zero-order chi connectivity index (χ0) is 15.7. The third kappa shape index (κ3) is 2.73. The van der Waals surface area contributed by atoms with Crippen LogP contribution in [0.15, 0.2) is 23.0 Å². The van der Waals surface area contributed by atoms with E-state index in [4.69, 9.17) is 11.6 Å². The smallest absolute Gasteiger partial charge is 0.276 e. The van der Waals surface area contributed by atoms with E-state index in [0.717, 1.165) is 25.7 Å². The first-order valence-corrected chi connectivity index (χ1v) is 7.99. The van der Waals surface area contributed by atoms with Gasteiger partial charge < -0.3 is 5.32 Å². The van der Waals surface area contributed by atoms with E-state index in [1.165, 1.54) is 0 Å². The molecule has 0 unspecified atom stereocenters. The molecular formula is C16H18ClN3O2. The van der Waals surface area contributed by atoms with E-state index in [1.54, 1.807) is 22.9 Å². The van der Waals surface area contributed by atoms with Crippen LogP contribution >= 0.6 is 11.6 Å². The average molecular weight is 320 g/mol. The molecule has 1 aliphatic rings. The van der Waals surface area contributed by atoms with Crippen molar-refractivity contribution in [2.45, 2.75) is 45.2 Å². The lowest BCUT2D eigenvalue weighted by Crippen LogP contribution is -2.37. The average Bonchev–Trinajstić information content (AvgIpc) is 3.01. The van der Waals surface area contributed by atoms with Crippen LogP contribution in [-0.2, 0) is 6.54 Å². The van der Waals surface area contributed by atoms with E-state index in [-0.39, 0.29) is 23.1 Å². The summed E-state index contributed by atoms with van der Waals surface area (Å²) in [5, 5.41) is 8.06. The number of rotatable bonds is 3. The molecule has 0 spiro atoms. The van der Waals surface area contributed by atoms with Crippen molar-refractivity contribution in [2.75, 3.05) is 0 Å². The van der Waals surface area contributed by atoms with E-state index in [9.17, 15) is 9.59 Å². The van der Waals surface area contributed by atoms with Crippen molar-refractivity contribution < 1.29 is 4.79 Å². The summed E-state index contributed by atoms with van der Waals surface area (Å²) in [4.78, 5) is 25.0. The lowest BCUT2D eigenvalue weighted by atomic mass is 10.1. The number of nitrogens with one attached hydrogen (secondary N) is 1. The van der Waals surface area contributed by atoms with Gasteiger partial charge in [-0.25, -0.2) is 0 Å². The third-order valence-electron chi connectivity index (χ3n) is 4.12. The fraction of sp³-hybridized carbons (Fsp3) is 0.438. The van der Waals surface area contributed by atoms with Crippen molar-refractivity contribution in [3.63, 3.8) is 0 Å². The van der Waals surface area contributed by atoms with Gasteiger partial charge in [-0.05, 0) is 38.0 Å². The van der Waals surface area contributed by atoms with Gasteiger partial charge in [0.15, 0.2) is 5.69 Å². The van der Waals surface area contributed by atoms with E-state index < -0.39 is 0 Å². The van der Waals surface area contributed by atoms with Gasteiger partial charge in [0.05, 0.1) is 10.9 Å². The normalized spacial score (nSPS) is 15.4. The number of aromatic nitrogens is 2. The van der Waals surface area contributed by atoms with Crippen LogP contribution in [-0.4, -0.2) is 21.7 Å². The van der Waals surface area contributed by atoms with E-state index in [1.807, 2.05) is 6.92 Å². The molecule has 116 valence electrons. The minimum Gasteiger partial charge on any atom is -0.348 e. The van der Waals surface area contributed by atoms with Crippen molar-refractivity contribution >= 4 is 28.4 Å². The van der Waals surface area contributed by atoms with Crippen LogP contribution in [0.25, 0.3) is 10.9 Å². The number of nitrogens with zero attached hydrogens (tertiary/aromatic N) is 2. The molecule has 0 radical (unpaired) electrons. The quantitative estimate of drug-likeness (QED) is 0.946. The van der Waals surface area contributed by atoms with Crippen molar-refractivity contribution in [3.8, 4) is 0 Å². The van der Waals surface area contributed by atoms with Crippen LogP contribution in [0.2, 0.25) is 5.02 Å². The van der Waals surface area contributed by atoms with Gasteiger partial charge in [-0.3, -0.25) is 14.3 Å². The maximum absolute atomic E-state index is 12.6. The van der Waals surface area contributed by atoms with Gasteiger partial charge in [-0.2, -0.15) is 5.10 Å². The number of benzene rings is 1. The summed E-state index contributed by atoms with van der Waals surface area (Å²) in [5.74, 6) is -0.388. The van der Waals surface area contributed by atoms with Crippen LogP contribution in [0, 0.1) is 0 Å². The van der Waals surface area contributed by atoms with Gasteiger partial charge >= 0.3 is 0 Å². The summed E-state index contributed by atoms with van der Waals surface area (Å²) in [6.07, 6.45) is 4.16. The van der Waals surface area contributed by atoms with Gasteiger partial charge in [0.2, 0.25) is 5.43 Å². The van der Waals surface area contributed by atoms with Gasteiger partial charge in [-0.15, -0.1) is 0 Å². The fourth-order valence-corrected chi connectivity index (χ4v) is 3.15. The Balaban J connectivity index is 2.07. The Bertz CT molecular complexity index is 779. The Hall–Kier alpha value is -1.88. The summed E-state index contributed by atoms with van der Waals surface area (Å²) >= 11 is 5.99. The van der Waals surface area contributed by atoms with Gasteiger partial charge in [0.1, 0.15) is 0 Å². The minimum atomic E-state index is -0.388. The second-order valence-electron chi connectivity index (χ2n) is 5.61. The van der Waals surface area contributed by atoms with Crippen molar-refractivity contribution in [2.24, 2.45) is 0 Å². The highest BCUT2D eigenvalue weighted by Crippen LogP contribution is 2.19. The molecule has 5 nitrogen and oxygen atoms in total. The molecule has 6 heteroatoms. The number of hydrogen-bond acceptors (Lipinski definition) is 3. The standard InChI is InChI=1S/C16H18ClN3O2/c1-2-20-13-8-7-10(17)9-12(13)15(21)14(19-20)16(22)18-11-5-3-4-6-11/h7-9,11H,2-6H2,1H3,(H,18,22). The summed E-state index contributed by atoms with van der Waals surface area (Å²) in [7, 11) is 0. The Morgan fingerprint density at radius 3 is 2.82 bits per heavy atom. The maximum Gasteiger partial charge on any atom is 0.276 e. The van der Waals surface area contributed by atoms with Crippen LogP contribution in [0.5, 0.6) is 0 Å². The maximum atomic E-state index is 12.6. The lowest BCUT2D eigenvalue weighted by molar-refractivity contribution is 0.0929. The zero-order valence-electron chi connectivity index (χ0n) is 12.4. The zero-order valence-corrected chi connectivity index (χ0v) is 13.2. The Morgan fingerprint density at radius 1 is 1.41 bits per heavy atom. The molecular weight excluding hydrogens is 302 g/mol. The summed E-state index contributed by atoms with van der Waals surface area (Å²) in [6, 6.07) is 5.22. The minimum absolute atomic E-state index is 0.0523. The molecule has 1 heterocycles. The molecule has 1 N–H and O–H groups in total. The summed E-state index contributed by atoms with van der Waals surface area (Å²) in [5.41, 5.74) is 0.274. The first-order chi connectivity index (χ1) is 10.6. The molecule has 3 rings (SSSR count). The molecule has 0 aliphatic heterocycles. The van der Waals surface area contributed by atoms with Gasteiger partial charge in [0.25, 0.3) is 5.91 Å². The molecule has 22 heavy (non-hydrogen) atoms. The summed E-state index contributed by atoms with van der Waals surface area (Å²) in [6.45, 7) is 2.49. The Kier molecular flexibility index (Phi) is 4.16. The number of fused-ring (bicyclic) bond motifs is 1. The van der Waals surface area contributed by atoms with Crippen LogP contribution in [0.1, 0.15) is 43.1 Å². The first-order valence-electron chi connectivity index (χ1n) is 7.61. The number of carbonyl (C=O) groups excluding carboxylic acids is 1. The second kappa shape index (κ2) is 6.08. The molecule has 1 aromatic carbocycles. The molecule has 1 aromatic heterocycles. The first kappa shape index (κ1) is 15.0. The van der Waals surface area contributed by atoms with E-state index in [2.05, 4.69) is 10.4 Å². The molecule has 1 saturated carbocycles. The largest absolute Gasteiger partial charge is 0.348 e. The second-order valence-corrected chi connectivity index (χ2v) is 6.05. The number of halogens is 1. The van der Waals surface area contributed by atoms with Crippen LogP contribution < -0.4 is 10.7 Å². The van der Waals surface area contributed by atoms with Crippen LogP contribution in [0.4, 0.5) is 0 Å². The van der Waals surface area contributed by atoms with Crippen molar-refractivity contribution in [1.29, 1.82) is 0 Å². The SMILES string of the molecule is CCn1nc(C(=O)NC2CCCC2)c(=O)c2cc(Cl)ccc21. The molecule has 0 saturated heterocycles. The highest BCUT2D eigenvalue weighted by Gasteiger charge is 2.22. The Labute approximate surface area is 133 Å². The highest BCUT2D eigenvalue weighted by molar-refractivity contribution is 6.31. The molecule has 0 bridgehead atoms. The van der Waals surface area contributed by atoms with Gasteiger partial charge in [0, 0.05) is 17.6 Å². The number of hydrogen-bond donors (Lipinski definition) is 1. The Morgan fingerprint density at radius 2 is 2.14 bits per heavy atom. The molecule has 1 aliphatic carbocycles. The predicted molar refractivity (Wildman–Crippen MR) is 86.4 cm³/mol. The molecule has 0 atom stereocenters. The van der Waals surface area contributed by atoms with E-state index >= 15 is 0 Å².